The van der Waals surface area contributed by atoms with Gasteiger partial charge in [-0.25, -0.2) is 8.42 Å². The van der Waals surface area contributed by atoms with Crippen LogP contribution in [0.2, 0.25) is 0 Å². The van der Waals surface area contributed by atoms with E-state index in [4.69, 9.17) is 0 Å². The van der Waals surface area contributed by atoms with E-state index in [1.54, 1.807) is 6.92 Å². The van der Waals surface area contributed by atoms with Crippen LogP contribution in [-0.2, 0) is 14.6 Å². The first kappa shape index (κ1) is 13.0. The molecule has 1 aliphatic rings. The van der Waals surface area contributed by atoms with Crippen molar-refractivity contribution in [3.63, 3.8) is 0 Å². The number of hydrogen-bond donors (Lipinski definition) is 2. The SMILES string of the molecule is CC#CCNC(=O)CC1CS(=O)(=O)CCN1. The Bertz CT molecular complexity index is 406. The minimum Gasteiger partial charge on any atom is -0.345 e. The molecule has 6 heteroatoms. The van der Waals surface area contributed by atoms with Gasteiger partial charge in [-0.2, -0.15) is 0 Å². The number of carbonyl (C=O) groups is 1. The van der Waals surface area contributed by atoms with Crippen LogP contribution in [0.25, 0.3) is 0 Å². The molecule has 0 saturated carbocycles. The van der Waals surface area contributed by atoms with Crippen LogP contribution in [0.3, 0.4) is 0 Å². The van der Waals surface area contributed by atoms with Crippen molar-refractivity contribution in [1.29, 1.82) is 0 Å². The van der Waals surface area contributed by atoms with Crippen molar-refractivity contribution in [2.75, 3.05) is 24.6 Å². The van der Waals surface area contributed by atoms with Crippen LogP contribution >= 0.6 is 0 Å². The fraction of sp³-hybridized carbons (Fsp3) is 0.700. The quantitative estimate of drug-likeness (QED) is 0.618. The highest BCUT2D eigenvalue weighted by atomic mass is 32.2. The van der Waals surface area contributed by atoms with Gasteiger partial charge in [0.2, 0.25) is 5.91 Å². The average molecular weight is 244 g/mol. The molecular formula is C10H16N2O3S. The van der Waals surface area contributed by atoms with E-state index in [2.05, 4.69) is 22.5 Å². The summed E-state index contributed by atoms with van der Waals surface area (Å²) in [5.41, 5.74) is 0. The fourth-order valence-corrected chi connectivity index (χ4v) is 2.97. The first-order chi connectivity index (χ1) is 7.53. The summed E-state index contributed by atoms with van der Waals surface area (Å²) in [4.78, 5) is 11.4. The summed E-state index contributed by atoms with van der Waals surface area (Å²) in [5, 5.41) is 5.63. The van der Waals surface area contributed by atoms with Crippen LogP contribution in [0.5, 0.6) is 0 Å². The third-order valence-electron chi connectivity index (χ3n) is 2.28. The molecule has 2 N–H and O–H groups in total. The molecule has 1 rings (SSSR count). The molecule has 0 bridgehead atoms. The number of nitrogens with one attached hydrogen (secondary N) is 2. The van der Waals surface area contributed by atoms with Crippen molar-refractivity contribution in [2.45, 2.75) is 19.4 Å². The summed E-state index contributed by atoms with van der Waals surface area (Å²) in [7, 11) is -2.97. The first-order valence-electron chi connectivity index (χ1n) is 5.13. The summed E-state index contributed by atoms with van der Waals surface area (Å²) in [6.07, 6.45) is 0.185. The Balaban J connectivity index is 2.35. The molecule has 1 atom stereocenters. The number of hydrogen-bond acceptors (Lipinski definition) is 4. The van der Waals surface area contributed by atoms with E-state index < -0.39 is 9.84 Å². The topological polar surface area (TPSA) is 75.3 Å². The highest BCUT2D eigenvalue weighted by molar-refractivity contribution is 7.91. The zero-order valence-corrected chi connectivity index (χ0v) is 10.1. The Kier molecular flexibility index (Phi) is 4.77. The van der Waals surface area contributed by atoms with Crippen molar-refractivity contribution in [3.8, 4) is 11.8 Å². The third kappa shape index (κ3) is 4.64. The van der Waals surface area contributed by atoms with Crippen LogP contribution in [0.4, 0.5) is 0 Å². The highest BCUT2D eigenvalue weighted by Crippen LogP contribution is 2.04. The van der Waals surface area contributed by atoms with Gasteiger partial charge in [0.05, 0.1) is 18.1 Å². The Morgan fingerprint density at radius 1 is 1.56 bits per heavy atom. The Morgan fingerprint density at radius 3 is 2.94 bits per heavy atom. The summed E-state index contributed by atoms with van der Waals surface area (Å²) in [6, 6.07) is -0.270. The van der Waals surface area contributed by atoms with E-state index in [1.807, 2.05) is 0 Å². The molecule has 0 aromatic heterocycles. The molecule has 1 saturated heterocycles. The summed E-state index contributed by atoms with van der Waals surface area (Å²) in [5.74, 6) is 5.41. The smallest absolute Gasteiger partial charge is 0.222 e. The molecule has 0 aliphatic carbocycles. The maximum absolute atomic E-state index is 11.4. The molecule has 1 heterocycles. The van der Waals surface area contributed by atoms with Crippen molar-refractivity contribution in [2.24, 2.45) is 0 Å². The van der Waals surface area contributed by atoms with Gasteiger partial charge in [-0.05, 0) is 6.92 Å². The maximum atomic E-state index is 11.4. The van der Waals surface area contributed by atoms with Gasteiger partial charge in [0.15, 0.2) is 9.84 Å². The molecule has 0 aromatic rings. The van der Waals surface area contributed by atoms with Gasteiger partial charge in [0, 0.05) is 19.0 Å². The molecular weight excluding hydrogens is 228 g/mol. The number of rotatable bonds is 3. The number of carbonyl (C=O) groups excluding carboxylic acids is 1. The molecule has 1 aliphatic heterocycles. The van der Waals surface area contributed by atoms with Gasteiger partial charge in [-0.15, -0.1) is 5.92 Å². The second-order valence-electron chi connectivity index (χ2n) is 3.67. The van der Waals surface area contributed by atoms with Gasteiger partial charge in [0.1, 0.15) is 0 Å². The van der Waals surface area contributed by atoms with E-state index >= 15 is 0 Å². The van der Waals surface area contributed by atoms with Gasteiger partial charge in [-0.1, -0.05) is 5.92 Å². The summed E-state index contributed by atoms with van der Waals surface area (Å²) < 4.78 is 22.6. The monoisotopic (exact) mass is 244 g/mol. The normalized spacial score (nSPS) is 22.9. The van der Waals surface area contributed by atoms with Crippen molar-refractivity contribution in [1.82, 2.24) is 10.6 Å². The molecule has 1 unspecified atom stereocenters. The molecule has 0 aromatic carbocycles. The molecule has 0 spiro atoms. The van der Waals surface area contributed by atoms with E-state index in [0.29, 0.717) is 13.1 Å². The van der Waals surface area contributed by atoms with Crippen molar-refractivity contribution in [3.05, 3.63) is 0 Å². The lowest BCUT2D eigenvalue weighted by Crippen LogP contribution is -2.47. The standard InChI is InChI=1S/C10H16N2O3S/c1-2-3-4-12-10(13)7-9-8-16(14,15)6-5-11-9/h9,11H,4-8H2,1H3,(H,12,13). The zero-order valence-electron chi connectivity index (χ0n) is 9.25. The summed E-state index contributed by atoms with van der Waals surface area (Å²) in [6.45, 7) is 2.44. The number of amides is 1. The fourth-order valence-electron chi connectivity index (χ4n) is 1.53. The van der Waals surface area contributed by atoms with E-state index in [1.165, 1.54) is 0 Å². The lowest BCUT2D eigenvalue weighted by molar-refractivity contribution is -0.121. The van der Waals surface area contributed by atoms with Gasteiger partial charge >= 0.3 is 0 Å². The van der Waals surface area contributed by atoms with Crippen LogP contribution in [0.1, 0.15) is 13.3 Å². The van der Waals surface area contributed by atoms with Crippen molar-refractivity contribution >= 4 is 15.7 Å². The van der Waals surface area contributed by atoms with Crippen molar-refractivity contribution < 1.29 is 13.2 Å². The van der Waals surface area contributed by atoms with E-state index in [9.17, 15) is 13.2 Å². The van der Waals surface area contributed by atoms with Crippen LogP contribution in [-0.4, -0.2) is 45.0 Å². The first-order valence-corrected chi connectivity index (χ1v) is 6.96. The minimum atomic E-state index is -2.97. The Labute approximate surface area is 95.9 Å². The zero-order chi connectivity index (χ0) is 12.0. The average Bonchev–Trinajstić information content (AvgIpc) is 2.16. The lowest BCUT2D eigenvalue weighted by atomic mass is 10.2. The second-order valence-corrected chi connectivity index (χ2v) is 5.90. The molecule has 90 valence electrons. The predicted octanol–water partition coefficient (Wildman–Crippen LogP) is -1.10. The molecule has 1 fully saturated rings. The number of sulfone groups is 1. The van der Waals surface area contributed by atoms with E-state index in [0.717, 1.165) is 0 Å². The molecule has 5 nitrogen and oxygen atoms in total. The second kappa shape index (κ2) is 5.87. The van der Waals surface area contributed by atoms with Gasteiger partial charge in [0.25, 0.3) is 0 Å². The lowest BCUT2D eigenvalue weighted by Gasteiger charge is -2.22. The Hall–Kier alpha value is -1.06. The minimum absolute atomic E-state index is 0.0415. The molecule has 0 radical (unpaired) electrons. The van der Waals surface area contributed by atoms with Crippen LogP contribution < -0.4 is 10.6 Å². The maximum Gasteiger partial charge on any atom is 0.222 e. The predicted molar refractivity (Wildman–Crippen MR) is 61.5 cm³/mol. The van der Waals surface area contributed by atoms with Gasteiger partial charge < -0.3 is 10.6 Å². The van der Waals surface area contributed by atoms with Crippen LogP contribution in [0.15, 0.2) is 0 Å². The largest absolute Gasteiger partial charge is 0.345 e. The van der Waals surface area contributed by atoms with E-state index in [-0.39, 0.29) is 29.9 Å². The third-order valence-corrected chi connectivity index (χ3v) is 4.02. The van der Waals surface area contributed by atoms with Crippen LogP contribution in [0, 0.1) is 11.8 Å². The highest BCUT2D eigenvalue weighted by Gasteiger charge is 2.25. The summed E-state index contributed by atoms with van der Waals surface area (Å²) >= 11 is 0. The van der Waals surface area contributed by atoms with Gasteiger partial charge in [-0.3, -0.25) is 4.79 Å². The molecule has 16 heavy (non-hydrogen) atoms. The Morgan fingerprint density at radius 2 is 2.31 bits per heavy atom. The molecule has 1 amide bonds.